The molecule has 0 saturated heterocycles. The fraction of sp³-hybridized carbons (Fsp3) is 0.357. The lowest BCUT2D eigenvalue weighted by Gasteiger charge is -2.06. The third kappa shape index (κ3) is 5.48. The van der Waals surface area contributed by atoms with Crippen LogP contribution in [0.1, 0.15) is 25.8 Å². The van der Waals surface area contributed by atoms with E-state index in [1.54, 1.807) is 18.2 Å². The normalized spacial score (nSPS) is 10.9. The van der Waals surface area contributed by atoms with E-state index in [1.807, 2.05) is 0 Å². The van der Waals surface area contributed by atoms with Gasteiger partial charge in [0, 0.05) is 18.3 Å². The Bertz CT molecular complexity index is 416. The molecule has 1 aromatic rings. The lowest BCUT2D eigenvalue weighted by Crippen LogP contribution is -2.33. The second-order valence-corrected chi connectivity index (χ2v) is 4.44. The number of urea groups is 1. The second kappa shape index (κ2) is 7.48. The van der Waals surface area contributed by atoms with Gasteiger partial charge in [0.05, 0.1) is 0 Å². The van der Waals surface area contributed by atoms with E-state index in [4.69, 9.17) is 0 Å². The molecule has 0 unspecified atom stereocenters. The molecule has 2 N–H and O–H groups in total. The van der Waals surface area contributed by atoms with Gasteiger partial charge in [-0.05, 0) is 24.5 Å². The Hall–Kier alpha value is -1.84. The van der Waals surface area contributed by atoms with Gasteiger partial charge in [0.15, 0.2) is 0 Å². The van der Waals surface area contributed by atoms with E-state index in [0.717, 1.165) is 6.42 Å². The highest BCUT2D eigenvalue weighted by Crippen LogP contribution is 2.07. The summed E-state index contributed by atoms with van der Waals surface area (Å²) in [6.07, 6.45) is 3.89. The summed E-state index contributed by atoms with van der Waals surface area (Å²) in [5, 5.41) is 5.25. The van der Waals surface area contributed by atoms with Crippen molar-refractivity contribution in [3.05, 3.63) is 41.8 Å². The first-order chi connectivity index (χ1) is 8.59. The third-order valence-corrected chi connectivity index (χ3v) is 2.39. The summed E-state index contributed by atoms with van der Waals surface area (Å²) < 4.78 is 13.2. The van der Waals surface area contributed by atoms with Crippen LogP contribution in [0.2, 0.25) is 0 Å². The van der Waals surface area contributed by atoms with Crippen LogP contribution in [-0.4, -0.2) is 12.6 Å². The first-order valence-electron chi connectivity index (χ1n) is 6.05. The lowest BCUT2D eigenvalue weighted by molar-refractivity contribution is 0.243. The van der Waals surface area contributed by atoms with E-state index in [2.05, 4.69) is 24.5 Å². The minimum absolute atomic E-state index is 0.275. The number of nitrogens with one attached hydrogen (secondary N) is 2. The first-order valence-corrected chi connectivity index (χ1v) is 6.05. The highest BCUT2D eigenvalue weighted by Gasteiger charge is 1.98. The maximum atomic E-state index is 13.2. The van der Waals surface area contributed by atoms with Crippen LogP contribution in [-0.2, 0) is 0 Å². The Balaban J connectivity index is 2.32. The molecule has 4 heteroatoms. The largest absolute Gasteiger partial charge is 0.338 e. The van der Waals surface area contributed by atoms with Crippen LogP contribution in [0, 0.1) is 11.7 Å². The van der Waals surface area contributed by atoms with Crippen molar-refractivity contribution in [1.82, 2.24) is 10.6 Å². The second-order valence-electron chi connectivity index (χ2n) is 4.44. The van der Waals surface area contributed by atoms with Gasteiger partial charge in [-0.3, -0.25) is 0 Å². The zero-order chi connectivity index (χ0) is 13.4. The molecule has 0 saturated carbocycles. The van der Waals surface area contributed by atoms with Gasteiger partial charge in [0.25, 0.3) is 0 Å². The van der Waals surface area contributed by atoms with Crippen molar-refractivity contribution in [3.63, 3.8) is 0 Å². The summed E-state index contributed by atoms with van der Waals surface area (Å²) >= 11 is 0. The Morgan fingerprint density at radius 1 is 1.39 bits per heavy atom. The Morgan fingerprint density at radius 2 is 2.11 bits per heavy atom. The van der Waals surface area contributed by atoms with Crippen molar-refractivity contribution >= 4 is 12.1 Å². The molecule has 18 heavy (non-hydrogen) atoms. The molecule has 0 aliphatic heterocycles. The van der Waals surface area contributed by atoms with Crippen LogP contribution in [0.4, 0.5) is 9.18 Å². The highest BCUT2D eigenvalue weighted by molar-refractivity contribution is 5.75. The van der Waals surface area contributed by atoms with Crippen LogP contribution >= 0.6 is 0 Å². The van der Waals surface area contributed by atoms with Gasteiger partial charge in [-0.2, -0.15) is 0 Å². The number of carbonyl (C=O) groups excluding carboxylic acids is 1. The van der Waals surface area contributed by atoms with Crippen molar-refractivity contribution in [3.8, 4) is 0 Å². The molecular formula is C14H19FN2O. The van der Waals surface area contributed by atoms with Crippen LogP contribution in [0.15, 0.2) is 30.5 Å². The van der Waals surface area contributed by atoms with Crippen molar-refractivity contribution in [2.75, 3.05) is 6.54 Å². The molecule has 2 amide bonds. The van der Waals surface area contributed by atoms with Crippen LogP contribution in [0.25, 0.3) is 6.08 Å². The molecule has 0 atom stereocenters. The SMILES string of the molecule is CC(C)CCNC(=O)N/C=C/c1ccccc1F. The molecule has 0 spiro atoms. The fourth-order valence-corrected chi connectivity index (χ4v) is 1.34. The molecule has 0 aliphatic carbocycles. The predicted molar refractivity (Wildman–Crippen MR) is 71.4 cm³/mol. The topological polar surface area (TPSA) is 41.1 Å². The van der Waals surface area contributed by atoms with Crippen molar-refractivity contribution in [1.29, 1.82) is 0 Å². The predicted octanol–water partition coefficient (Wildman–Crippen LogP) is 3.14. The van der Waals surface area contributed by atoms with E-state index in [0.29, 0.717) is 18.0 Å². The zero-order valence-corrected chi connectivity index (χ0v) is 10.7. The third-order valence-electron chi connectivity index (χ3n) is 2.39. The van der Waals surface area contributed by atoms with Gasteiger partial charge in [0.2, 0.25) is 0 Å². The van der Waals surface area contributed by atoms with Gasteiger partial charge in [0.1, 0.15) is 5.82 Å². The minimum Gasteiger partial charge on any atom is -0.338 e. The van der Waals surface area contributed by atoms with Gasteiger partial charge in [-0.15, -0.1) is 0 Å². The van der Waals surface area contributed by atoms with E-state index >= 15 is 0 Å². The molecule has 0 heterocycles. The maximum Gasteiger partial charge on any atom is 0.318 e. The van der Waals surface area contributed by atoms with E-state index < -0.39 is 0 Å². The summed E-state index contributed by atoms with van der Waals surface area (Å²) in [6.45, 7) is 4.83. The molecule has 0 radical (unpaired) electrons. The average molecular weight is 250 g/mol. The lowest BCUT2D eigenvalue weighted by atomic mass is 10.1. The summed E-state index contributed by atoms with van der Waals surface area (Å²) in [6, 6.07) is 6.11. The number of amides is 2. The molecular weight excluding hydrogens is 231 g/mol. The van der Waals surface area contributed by atoms with Crippen molar-refractivity contribution in [2.24, 2.45) is 5.92 Å². The van der Waals surface area contributed by atoms with Gasteiger partial charge in [-0.25, -0.2) is 9.18 Å². The standard InChI is InChI=1S/C14H19FN2O/c1-11(2)7-9-16-14(18)17-10-8-12-5-3-4-6-13(12)15/h3-6,8,10-11H,7,9H2,1-2H3,(H2,16,17,18)/b10-8+. The smallest absolute Gasteiger partial charge is 0.318 e. The summed E-state index contributed by atoms with van der Waals surface area (Å²) in [5.74, 6) is 0.245. The van der Waals surface area contributed by atoms with Crippen LogP contribution in [0.3, 0.4) is 0 Å². The van der Waals surface area contributed by atoms with Crippen molar-refractivity contribution < 1.29 is 9.18 Å². The Morgan fingerprint density at radius 3 is 2.78 bits per heavy atom. The minimum atomic E-state index is -0.309. The molecule has 98 valence electrons. The molecule has 3 nitrogen and oxygen atoms in total. The average Bonchev–Trinajstić information content (AvgIpc) is 2.31. The summed E-state index contributed by atoms with van der Waals surface area (Å²) in [5.41, 5.74) is 0.444. The molecule has 1 aromatic carbocycles. The quantitative estimate of drug-likeness (QED) is 0.828. The monoisotopic (exact) mass is 250 g/mol. The number of halogens is 1. The van der Waals surface area contributed by atoms with Gasteiger partial charge >= 0.3 is 6.03 Å². The number of hydrogen-bond donors (Lipinski definition) is 2. The molecule has 0 aromatic heterocycles. The Kier molecular flexibility index (Phi) is 5.91. The van der Waals surface area contributed by atoms with Gasteiger partial charge in [-0.1, -0.05) is 32.0 Å². The maximum absolute atomic E-state index is 13.2. The summed E-state index contributed by atoms with van der Waals surface area (Å²) in [7, 11) is 0. The number of benzene rings is 1. The number of carbonyl (C=O) groups is 1. The van der Waals surface area contributed by atoms with Crippen molar-refractivity contribution in [2.45, 2.75) is 20.3 Å². The van der Waals surface area contributed by atoms with E-state index in [9.17, 15) is 9.18 Å². The fourth-order valence-electron chi connectivity index (χ4n) is 1.34. The van der Waals surface area contributed by atoms with E-state index in [1.165, 1.54) is 18.3 Å². The summed E-state index contributed by atoms with van der Waals surface area (Å²) in [4.78, 5) is 11.3. The molecule has 1 rings (SSSR count). The number of rotatable bonds is 5. The molecule has 0 bridgehead atoms. The number of hydrogen-bond acceptors (Lipinski definition) is 1. The van der Waals surface area contributed by atoms with Crippen LogP contribution < -0.4 is 10.6 Å². The van der Waals surface area contributed by atoms with Gasteiger partial charge < -0.3 is 10.6 Å². The first kappa shape index (κ1) is 14.2. The highest BCUT2D eigenvalue weighted by atomic mass is 19.1. The molecule has 0 fully saturated rings. The Labute approximate surface area is 107 Å². The van der Waals surface area contributed by atoms with Crippen LogP contribution in [0.5, 0.6) is 0 Å². The zero-order valence-electron chi connectivity index (χ0n) is 10.7. The van der Waals surface area contributed by atoms with E-state index in [-0.39, 0.29) is 11.8 Å². The molecule has 0 aliphatic rings.